The van der Waals surface area contributed by atoms with Crippen LogP contribution in [-0.2, 0) is 9.47 Å². The summed E-state index contributed by atoms with van der Waals surface area (Å²) in [6.45, 7) is 8.67. The fraction of sp³-hybridized carbons (Fsp3) is 1.00. The summed E-state index contributed by atoms with van der Waals surface area (Å²) in [5.41, 5.74) is 10.4. The van der Waals surface area contributed by atoms with E-state index in [4.69, 9.17) is 20.9 Å². The Morgan fingerprint density at radius 2 is 1.14 bits per heavy atom. The Bertz CT molecular complexity index is 64.5. The molecule has 0 heterocycles. The van der Waals surface area contributed by atoms with Gasteiger partial charge in [0.25, 0.3) is 0 Å². The Kier molecular flexibility index (Phi) is 21.6. The molecule has 0 atom stereocenters. The highest BCUT2D eigenvalue weighted by Gasteiger charge is 1.79. The monoisotopic (exact) mass is 206 g/mol. The molecule has 0 aliphatic carbocycles. The van der Waals surface area contributed by atoms with Crippen molar-refractivity contribution in [3.8, 4) is 0 Å². The number of hydrogen-bond donors (Lipinski definition) is 2. The van der Waals surface area contributed by atoms with Gasteiger partial charge >= 0.3 is 0 Å². The molecule has 4 heteroatoms. The largest absolute Gasteiger partial charge is 0.382 e. The standard InChI is InChI=1S/2C5H13NO/c2*1-2-7-5-3-4-6/h2*2-6H2,1H3. The van der Waals surface area contributed by atoms with Gasteiger partial charge in [0.1, 0.15) is 0 Å². The maximum absolute atomic E-state index is 5.19. The van der Waals surface area contributed by atoms with Crippen molar-refractivity contribution in [1.82, 2.24) is 0 Å². The number of nitrogens with two attached hydrogens (primary N) is 2. The minimum Gasteiger partial charge on any atom is -0.382 e. The van der Waals surface area contributed by atoms with E-state index in [0.29, 0.717) is 0 Å². The van der Waals surface area contributed by atoms with Crippen molar-refractivity contribution in [2.45, 2.75) is 26.7 Å². The maximum Gasteiger partial charge on any atom is 0.0477 e. The second-order valence-electron chi connectivity index (χ2n) is 2.68. The second-order valence-corrected chi connectivity index (χ2v) is 2.68. The van der Waals surface area contributed by atoms with Gasteiger partial charge in [-0.3, -0.25) is 0 Å². The minimum atomic E-state index is 0.736. The molecule has 0 spiro atoms. The molecule has 0 saturated carbocycles. The molecule has 4 nitrogen and oxygen atoms in total. The van der Waals surface area contributed by atoms with E-state index < -0.39 is 0 Å². The van der Waals surface area contributed by atoms with Crippen LogP contribution in [0.3, 0.4) is 0 Å². The van der Waals surface area contributed by atoms with E-state index in [1.54, 1.807) is 0 Å². The summed E-state index contributed by atoms with van der Waals surface area (Å²) in [5.74, 6) is 0. The number of ether oxygens (including phenoxy) is 2. The van der Waals surface area contributed by atoms with Crippen LogP contribution in [0.4, 0.5) is 0 Å². The molecule has 0 radical (unpaired) electrons. The van der Waals surface area contributed by atoms with Crippen LogP contribution in [0, 0.1) is 0 Å². The molecule has 0 rings (SSSR count). The smallest absolute Gasteiger partial charge is 0.0477 e. The molecule has 0 bridgehead atoms. The highest BCUT2D eigenvalue weighted by molar-refractivity contribution is 4.33. The van der Waals surface area contributed by atoms with Crippen LogP contribution in [0.5, 0.6) is 0 Å². The van der Waals surface area contributed by atoms with Gasteiger partial charge in [-0.15, -0.1) is 0 Å². The molecule has 0 fully saturated rings. The highest BCUT2D eigenvalue weighted by Crippen LogP contribution is 1.76. The third kappa shape index (κ3) is 22.6. The molecule has 0 aliphatic heterocycles. The zero-order valence-electron chi connectivity index (χ0n) is 9.63. The fourth-order valence-electron chi connectivity index (χ4n) is 0.659. The molecule has 4 N–H and O–H groups in total. The first-order valence-electron chi connectivity index (χ1n) is 5.39. The molecule has 0 aromatic rings. The first kappa shape index (κ1) is 16.3. The third-order valence-electron chi connectivity index (χ3n) is 1.39. The molecular weight excluding hydrogens is 180 g/mol. The first-order valence-corrected chi connectivity index (χ1v) is 5.39. The molecular formula is C10H26N2O2. The maximum atomic E-state index is 5.19. The molecule has 0 aliphatic rings. The molecule has 0 aromatic heterocycles. The lowest BCUT2D eigenvalue weighted by Crippen LogP contribution is -2.03. The van der Waals surface area contributed by atoms with Crippen LogP contribution in [-0.4, -0.2) is 39.5 Å². The van der Waals surface area contributed by atoms with Gasteiger partial charge in [-0.25, -0.2) is 0 Å². The summed E-state index contributed by atoms with van der Waals surface area (Å²) in [7, 11) is 0. The number of hydrogen-bond acceptors (Lipinski definition) is 4. The van der Waals surface area contributed by atoms with Gasteiger partial charge < -0.3 is 20.9 Å². The second kappa shape index (κ2) is 18.6. The Balaban J connectivity index is 0. The lowest BCUT2D eigenvalue weighted by molar-refractivity contribution is 0.146. The van der Waals surface area contributed by atoms with Crippen molar-refractivity contribution in [2.24, 2.45) is 11.5 Å². The Morgan fingerprint density at radius 3 is 1.36 bits per heavy atom. The van der Waals surface area contributed by atoms with Crippen molar-refractivity contribution >= 4 is 0 Å². The summed E-state index contributed by atoms with van der Waals surface area (Å²) in [6.07, 6.45) is 1.96. The summed E-state index contributed by atoms with van der Waals surface area (Å²) in [4.78, 5) is 0. The van der Waals surface area contributed by atoms with Gasteiger partial charge in [0.15, 0.2) is 0 Å². The zero-order chi connectivity index (χ0) is 11.1. The van der Waals surface area contributed by atoms with Crippen molar-refractivity contribution in [2.75, 3.05) is 39.5 Å². The zero-order valence-corrected chi connectivity index (χ0v) is 9.63. The first-order chi connectivity index (χ1) is 6.83. The van der Waals surface area contributed by atoms with E-state index in [9.17, 15) is 0 Å². The molecule has 88 valence electrons. The van der Waals surface area contributed by atoms with Crippen molar-refractivity contribution in [3.05, 3.63) is 0 Å². The Labute approximate surface area is 87.9 Å². The minimum absolute atomic E-state index is 0.736. The molecule has 14 heavy (non-hydrogen) atoms. The summed E-state index contributed by atoms with van der Waals surface area (Å²) in [6, 6.07) is 0. The molecule has 0 unspecified atom stereocenters. The molecule has 0 saturated heterocycles. The lowest BCUT2D eigenvalue weighted by atomic mass is 10.5. The van der Waals surface area contributed by atoms with E-state index >= 15 is 0 Å². The van der Waals surface area contributed by atoms with E-state index in [2.05, 4.69) is 0 Å². The molecule has 0 aromatic carbocycles. The summed E-state index contributed by atoms with van der Waals surface area (Å²) >= 11 is 0. The van der Waals surface area contributed by atoms with E-state index in [1.165, 1.54) is 0 Å². The number of rotatable bonds is 8. The third-order valence-corrected chi connectivity index (χ3v) is 1.39. The summed E-state index contributed by atoms with van der Waals surface area (Å²) < 4.78 is 9.99. The van der Waals surface area contributed by atoms with Crippen LogP contribution in [0.15, 0.2) is 0 Å². The topological polar surface area (TPSA) is 70.5 Å². The SMILES string of the molecule is CCOCCCN.CCOCCCN. The van der Waals surface area contributed by atoms with Crippen LogP contribution in [0.2, 0.25) is 0 Å². The average molecular weight is 206 g/mol. The molecule has 0 amide bonds. The highest BCUT2D eigenvalue weighted by atomic mass is 16.5. The lowest BCUT2D eigenvalue weighted by Gasteiger charge is -1.94. The van der Waals surface area contributed by atoms with Crippen molar-refractivity contribution < 1.29 is 9.47 Å². The quantitative estimate of drug-likeness (QED) is 0.575. The Hall–Kier alpha value is -0.160. The van der Waals surface area contributed by atoms with E-state index in [1.807, 2.05) is 13.8 Å². The predicted molar refractivity (Wildman–Crippen MR) is 60.3 cm³/mol. The van der Waals surface area contributed by atoms with Crippen LogP contribution < -0.4 is 11.5 Å². The van der Waals surface area contributed by atoms with Gasteiger partial charge in [-0.2, -0.15) is 0 Å². The van der Waals surface area contributed by atoms with Crippen molar-refractivity contribution in [3.63, 3.8) is 0 Å². The predicted octanol–water partition coefficient (Wildman–Crippen LogP) is 0.743. The van der Waals surface area contributed by atoms with E-state index in [0.717, 1.165) is 52.4 Å². The van der Waals surface area contributed by atoms with Crippen LogP contribution in [0.25, 0.3) is 0 Å². The van der Waals surface area contributed by atoms with Crippen LogP contribution >= 0.6 is 0 Å². The van der Waals surface area contributed by atoms with Crippen LogP contribution in [0.1, 0.15) is 26.7 Å². The van der Waals surface area contributed by atoms with Crippen molar-refractivity contribution in [1.29, 1.82) is 0 Å². The van der Waals surface area contributed by atoms with Gasteiger partial charge in [0, 0.05) is 26.4 Å². The van der Waals surface area contributed by atoms with Gasteiger partial charge in [-0.05, 0) is 39.8 Å². The van der Waals surface area contributed by atoms with Gasteiger partial charge in [-0.1, -0.05) is 0 Å². The van der Waals surface area contributed by atoms with E-state index in [-0.39, 0.29) is 0 Å². The average Bonchev–Trinajstić information content (AvgIpc) is 2.21. The normalized spacial score (nSPS) is 9.43. The fourth-order valence-corrected chi connectivity index (χ4v) is 0.659. The van der Waals surface area contributed by atoms with Gasteiger partial charge in [0.2, 0.25) is 0 Å². The summed E-state index contributed by atoms with van der Waals surface area (Å²) in [5, 5.41) is 0. The van der Waals surface area contributed by atoms with Gasteiger partial charge in [0.05, 0.1) is 0 Å². The Morgan fingerprint density at radius 1 is 0.786 bits per heavy atom.